The molecule has 3 heterocycles. The minimum atomic E-state index is -0.120. The minimum absolute atomic E-state index is 0.0194. The first-order valence-corrected chi connectivity index (χ1v) is 12.6. The molecular weight excluding hydrogens is 414 g/mol. The predicted molar refractivity (Wildman–Crippen MR) is 128 cm³/mol. The van der Waals surface area contributed by atoms with Crippen molar-refractivity contribution in [2.45, 2.75) is 76.9 Å². The summed E-state index contributed by atoms with van der Waals surface area (Å²) in [5, 5.41) is 3.25. The predicted octanol–water partition coefficient (Wildman–Crippen LogP) is 4.53. The van der Waals surface area contributed by atoms with Crippen LogP contribution in [-0.4, -0.2) is 41.9 Å². The summed E-state index contributed by atoms with van der Waals surface area (Å²) in [4.78, 5) is 30.5. The van der Waals surface area contributed by atoms with Gasteiger partial charge in [0.25, 0.3) is 5.91 Å². The molecule has 1 saturated heterocycles. The molecule has 2 amide bonds. The van der Waals surface area contributed by atoms with E-state index in [9.17, 15) is 9.59 Å². The van der Waals surface area contributed by atoms with Gasteiger partial charge in [0.15, 0.2) is 0 Å². The number of para-hydroxylation sites is 1. The van der Waals surface area contributed by atoms with Gasteiger partial charge in [-0.2, -0.15) is 0 Å². The molecule has 0 bridgehead atoms. The standard InChI is InChI=1S/C27H35N3O3/c1-19-16-20-8-5-6-12-24(20)30(19)18-25-23(13-15-33-25)27(32)29-14-7-9-21(17-29)26(31)28-22-10-3-2-4-11-22/h5-6,8,12-13,15,19,21-22H,2-4,7,9-11,14,16-18H2,1H3,(H,28,31). The zero-order valence-corrected chi connectivity index (χ0v) is 19.6. The fourth-order valence-electron chi connectivity index (χ4n) is 5.79. The second kappa shape index (κ2) is 9.62. The van der Waals surface area contributed by atoms with Gasteiger partial charge in [-0.3, -0.25) is 9.59 Å². The van der Waals surface area contributed by atoms with Crippen LogP contribution in [0.3, 0.4) is 0 Å². The molecular formula is C27H35N3O3. The molecule has 6 nitrogen and oxygen atoms in total. The van der Waals surface area contributed by atoms with Crippen LogP contribution in [0.25, 0.3) is 0 Å². The lowest BCUT2D eigenvalue weighted by atomic mass is 9.92. The molecule has 2 aliphatic heterocycles. The van der Waals surface area contributed by atoms with Gasteiger partial charge in [0.05, 0.1) is 24.3 Å². The van der Waals surface area contributed by atoms with E-state index in [-0.39, 0.29) is 17.7 Å². The molecule has 1 saturated carbocycles. The Hall–Kier alpha value is -2.76. The van der Waals surface area contributed by atoms with Crippen LogP contribution in [0, 0.1) is 5.92 Å². The zero-order valence-electron chi connectivity index (χ0n) is 19.6. The monoisotopic (exact) mass is 449 g/mol. The number of nitrogens with zero attached hydrogens (tertiary/aromatic N) is 2. The van der Waals surface area contributed by atoms with Gasteiger partial charge in [-0.25, -0.2) is 0 Å². The lowest BCUT2D eigenvalue weighted by Crippen LogP contribution is -2.48. The summed E-state index contributed by atoms with van der Waals surface area (Å²) in [5.41, 5.74) is 3.18. The van der Waals surface area contributed by atoms with E-state index in [1.54, 1.807) is 12.3 Å². The number of anilines is 1. The van der Waals surface area contributed by atoms with Gasteiger partial charge in [-0.1, -0.05) is 37.5 Å². The van der Waals surface area contributed by atoms with Crippen molar-refractivity contribution in [2.24, 2.45) is 5.92 Å². The number of rotatable bonds is 5. The topological polar surface area (TPSA) is 65.8 Å². The van der Waals surface area contributed by atoms with Crippen LogP contribution >= 0.6 is 0 Å². The van der Waals surface area contributed by atoms with Crippen LogP contribution in [0.15, 0.2) is 41.0 Å². The zero-order chi connectivity index (χ0) is 22.8. The van der Waals surface area contributed by atoms with Crippen molar-refractivity contribution in [3.8, 4) is 0 Å². The Kier molecular flexibility index (Phi) is 6.43. The molecule has 0 spiro atoms. The van der Waals surface area contributed by atoms with Crippen LogP contribution in [0.5, 0.6) is 0 Å². The average Bonchev–Trinajstić information content (AvgIpc) is 3.44. The van der Waals surface area contributed by atoms with E-state index in [1.165, 1.54) is 30.5 Å². The first-order chi connectivity index (χ1) is 16.1. The molecule has 1 aliphatic carbocycles. The van der Waals surface area contributed by atoms with E-state index >= 15 is 0 Å². The van der Waals surface area contributed by atoms with Gasteiger partial charge >= 0.3 is 0 Å². The van der Waals surface area contributed by atoms with Crippen LogP contribution in [-0.2, 0) is 17.8 Å². The Bertz CT molecular complexity index is 994. The Morgan fingerprint density at radius 1 is 1.06 bits per heavy atom. The SMILES string of the molecule is CC1Cc2ccccc2N1Cc1occc1C(=O)N1CCCC(C(=O)NC2CCCCC2)C1. The van der Waals surface area contributed by atoms with E-state index < -0.39 is 0 Å². The largest absolute Gasteiger partial charge is 0.467 e. The van der Waals surface area contributed by atoms with Crippen LogP contribution in [0.2, 0.25) is 0 Å². The molecule has 2 aromatic rings. The Morgan fingerprint density at radius 3 is 2.73 bits per heavy atom. The van der Waals surface area contributed by atoms with Gasteiger partial charge in [-0.05, 0) is 56.7 Å². The first kappa shape index (κ1) is 22.1. The van der Waals surface area contributed by atoms with Crippen molar-refractivity contribution >= 4 is 17.5 Å². The molecule has 1 aromatic heterocycles. The molecule has 2 fully saturated rings. The highest BCUT2D eigenvalue weighted by Crippen LogP contribution is 2.34. The number of benzene rings is 1. The number of hydrogen-bond donors (Lipinski definition) is 1. The number of carbonyl (C=O) groups is 2. The number of nitrogens with one attached hydrogen (secondary N) is 1. The number of hydrogen-bond acceptors (Lipinski definition) is 4. The maximum absolute atomic E-state index is 13.5. The van der Waals surface area contributed by atoms with E-state index in [0.717, 1.165) is 32.1 Å². The van der Waals surface area contributed by atoms with Gasteiger partial charge < -0.3 is 19.5 Å². The van der Waals surface area contributed by atoms with Crippen molar-refractivity contribution in [1.82, 2.24) is 10.2 Å². The number of carbonyl (C=O) groups excluding carboxylic acids is 2. The molecule has 176 valence electrons. The Morgan fingerprint density at radius 2 is 1.88 bits per heavy atom. The third-order valence-corrected chi connectivity index (χ3v) is 7.67. The van der Waals surface area contributed by atoms with Gasteiger partial charge in [0, 0.05) is 30.9 Å². The fourth-order valence-corrected chi connectivity index (χ4v) is 5.79. The molecule has 2 atom stereocenters. The first-order valence-electron chi connectivity index (χ1n) is 12.6. The summed E-state index contributed by atoms with van der Waals surface area (Å²) in [5.74, 6) is 0.686. The molecule has 2 unspecified atom stereocenters. The quantitative estimate of drug-likeness (QED) is 0.728. The van der Waals surface area contributed by atoms with Crippen LogP contribution in [0.4, 0.5) is 5.69 Å². The van der Waals surface area contributed by atoms with Crippen molar-refractivity contribution in [1.29, 1.82) is 0 Å². The highest BCUT2D eigenvalue weighted by molar-refractivity contribution is 5.95. The van der Waals surface area contributed by atoms with E-state index in [2.05, 4.69) is 41.4 Å². The van der Waals surface area contributed by atoms with Crippen LogP contribution < -0.4 is 10.2 Å². The Labute approximate surface area is 196 Å². The molecule has 5 rings (SSSR count). The summed E-state index contributed by atoms with van der Waals surface area (Å²) >= 11 is 0. The third kappa shape index (κ3) is 4.66. The average molecular weight is 450 g/mol. The second-order valence-corrected chi connectivity index (χ2v) is 10.0. The highest BCUT2D eigenvalue weighted by Gasteiger charge is 2.33. The molecule has 0 radical (unpaired) electrons. The molecule has 6 heteroatoms. The van der Waals surface area contributed by atoms with Gasteiger partial charge in [-0.15, -0.1) is 0 Å². The summed E-state index contributed by atoms with van der Waals surface area (Å²) in [6.07, 6.45) is 10.2. The van der Waals surface area contributed by atoms with Gasteiger partial charge in [0.2, 0.25) is 5.91 Å². The van der Waals surface area contributed by atoms with Crippen molar-refractivity contribution in [2.75, 3.05) is 18.0 Å². The number of likely N-dealkylation sites (tertiary alicyclic amines) is 1. The summed E-state index contributed by atoms with van der Waals surface area (Å²) in [7, 11) is 0. The summed E-state index contributed by atoms with van der Waals surface area (Å²) in [6.45, 7) is 3.97. The van der Waals surface area contributed by atoms with Crippen LogP contribution in [0.1, 0.15) is 73.6 Å². The van der Waals surface area contributed by atoms with E-state index in [1.807, 2.05) is 4.90 Å². The van der Waals surface area contributed by atoms with Crippen molar-refractivity contribution < 1.29 is 14.0 Å². The number of fused-ring (bicyclic) bond motifs is 1. The van der Waals surface area contributed by atoms with E-state index in [0.29, 0.717) is 43.0 Å². The minimum Gasteiger partial charge on any atom is -0.467 e. The maximum atomic E-state index is 13.5. The maximum Gasteiger partial charge on any atom is 0.257 e. The fraction of sp³-hybridized carbons (Fsp3) is 0.556. The summed E-state index contributed by atoms with van der Waals surface area (Å²) < 4.78 is 5.81. The Balaban J connectivity index is 1.25. The normalized spacial score (nSPS) is 23.4. The third-order valence-electron chi connectivity index (χ3n) is 7.67. The smallest absolute Gasteiger partial charge is 0.257 e. The lowest BCUT2D eigenvalue weighted by Gasteiger charge is -2.33. The number of furan rings is 1. The second-order valence-electron chi connectivity index (χ2n) is 10.0. The molecule has 33 heavy (non-hydrogen) atoms. The summed E-state index contributed by atoms with van der Waals surface area (Å²) in [6, 6.07) is 10.9. The number of piperidine rings is 1. The molecule has 1 aromatic carbocycles. The van der Waals surface area contributed by atoms with Crippen molar-refractivity contribution in [3.05, 3.63) is 53.5 Å². The lowest BCUT2D eigenvalue weighted by molar-refractivity contribution is -0.127. The highest BCUT2D eigenvalue weighted by atomic mass is 16.3. The molecule has 3 aliphatic rings. The molecule has 1 N–H and O–H groups in total. The van der Waals surface area contributed by atoms with Crippen molar-refractivity contribution in [3.63, 3.8) is 0 Å². The van der Waals surface area contributed by atoms with E-state index in [4.69, 9.17) is 4.42 Å². The van der Waals surface area contributed by atoms with Gasteiger partial charge in [0.1, 0.15) is 5.76 Å². The number of amides is 2.